The third-order valence-corrected chi connectivity index (χ3v) is 8.39. The van der Waals surface area contributed by atoms with E-state index in [-0.39, 0.29) is 15.8 Å². The molecule has 1 aliphatic rings. The molecular formula is C24H24ClN3O5S2. The van der Waals surface area contributed by atoms with Crippen LogP contribution in [-0.2, 0) is 19.4 Å². The Kier molecular flexibility index (Phi) is 7.55. The number of amides is 1. The molecule has 0 unspecified atom stereocenters. The Labute approximate surface area is 214 Å². The van der Waals surface area contributed by atoms with Crippen molar-refractivity contribution in [3.8, 4) is 11.8 Å². The van der Waals surface area contributed by atoms with Gasteiger partial charge in [0.15, 0.2) is 5.11 Å². The van der Waals surface area contributed by atoms with E-state index in [0.29, 0.717) is 47.2 Å². The van der Waals surface area contributed by atoms with Crippen molar-refractivity contribution in [2.24, 2.45) is 0 Å². The zero-order chi connectivity index (χ0) is 26.1. The fraction of sp³-hybridized carbons (Fsp3) is 0.333. The number of halogens is 1. The first-order chi connectivity index (χ1) is 16.3. The van der Waals surface area contributed by atoms with Gasteiger partial charge in [0, 0.05) is 13.5 Å². The Morgan fingerprint density at radius 2 is 1.83 bits per heavy atom. The molecule has 0 spiro atoms. The number of hydrogen-bond acceptors (Lipinski definition) is 7. The Morgan fingerprint density at radius 3 is 2.40 bits per heavy atom. The minimum absolute atomic E-state index is 0.0849. The molecule has 1 heterocycles. The van der Waals surface area contributed by atoms with E-state index < -0.39 is 20.5 Å². The zero-order valence-corrected chi connectivity index (χ0v) is 22.1. The molecule has 0 bridgehead atoms. The largest absolute Gasteiger partial charge is 0.494 e. The van der Waals surface area contributed by atoms with E-state index in [0.717, 1.165) is 6.92 Å². The first-order valence-corrected chi connectivity index (χ1v) is 12.9. The first kappa shape index (κ1) is 26.6. The lowest BCUT2D eigenvalue weighted by atomic mass is 10.0. The van der Waals surface area contributed by atoms with Gasteiger partial charge < -0.3 is 9.64 Å². The van der Waals surface area contributed by atoms with Gasteiger partial charge in [-0.15, -0.1) is 0 Å². The number of carbonyl (C=O) groups is 2. The topological polar surface area (TPSA) is 108 Å². The summed E-state index contributed by atoms with van der Waals surface area (Å²) in [5.41, 5.74) is 0.562. The van der Waals surface area contributed by atoms with E-state index in [1.807, 2.05) is 11.0 Å². The summed E-state index contributed by atoms with van der Waals surface area (Å²) in [5.74, 6) is 0.255. The average molecular weight is 534 g/mol. The lowest BCUT2D eigenvalue weighted by Gasteiger charge is -2.29. The van der Waals surface area contributed by atoms with Crippen molar-refractivity contribution >= 4 is 55.5 Å². The molecule has 11 heteroatoms. The summed E-state index contributed by atoms with van der Waals surface area (Å²) < 4.78 is 29.5. The highest BCUT2D eigenvalue weighted by Crippen LogP contribution is 2.37. The van der Waals surface area contributed by atoms with Gasteiger partial charge in [-0.25, -0.2) is 8.42 Å². The lowest BCUT2D eigenvalue weighted by molar-refractivity contribution is -0.123. The van der Waals surface area contributed by atoms with Crippen molar-refractivity contribution < 1.29 is 22.7 Å². The number of nitrogens with zero attached hydrogens (tertiary/aromatic N) is 3. The molecule has 0 radical (unpaired) electrons. The molecule has 0 saturated carbocycles. The van der Waals surface area contributed by atoms with Crippen LogP contribution in [-0.4, -0.2) is 48.1 Å². The van der Waals surface area contributed by atoms with Gasteiger partial charge in [-0.1, -0.05) is 11.6 Å². The highest BCUT2D eigenvalue weighted by atomic mass is 35.5. The molecule has 2 aromatic rings. The Balaban J connectivity index is 1.68. The number of benzene rings is 2. The van der Waals surface area contributed by atoms with E-state index in [4.69, 9.17) is 28.6 Å². The van der Waals surface area contributed by atoms with Crippen molar-refractivity contribution in [3.63, 3.8) is 0 Å². The van der Waals surface area contributed by atoms with Gasteiger partial charge in [-0.2, -0.15) is 5.26 Å². The molecular weight excluding hydrogens is 510 g/mol. The molecule has 1 saturated heterocycles. The molecule has 0 aromatic heterocycles. The third-order valence-electron chi connectivity index (χ3n) is 5.85. The van der Waals surface area contributed by atoms with Crippen LogP contribution in [0.25, 0.3) is 0 Å². The number of ether oxygens (including phenoxy) is 1. The van der Waals surface area contributed by atoms with Crippen LogP contribution in [0.4, 0.5) is 5.69 Å². The molecule has 184 valence electrons. The van der Waals surface area contributed by atoms with Crippen molar-refractivity contribution in [1.82, 2.24) is 4.90 Å². The number of thiocarbonyl (C=S) groups is 1. The van der Waals surface area contributed by atoms with E-state index in [2.05, 4.69) is 0 Å². The highest BCUT2D eigenvalue weighted by molar-refractivity contribution is 8.06. The van der Waals surface area contributed by atoms with Crippen LogP contribution in [0.2, 0.25) is 5.02 Å². The van der Waals surface area contributed by atoms with Crippen molar-refractivity contribution in [1.29, 1.82) is 5.26 Å². The van der Waals surface area contributed by atoms with E-state index in [1.165, 1.54) is 29.2 Å². The van der Waals surface area contributed by atoms with Crippen molar-refractivity contribution in [3.05, 3.63) is 52.5 Å². The number of carbonyl (C=O) groups excluding carboxylic acids is 2. The Morgan fingerprint density at radius 1 is 1.20 bits per heavy atom. The van der Waals surface area contributed by atoms with Crippen LogP contribution < -0.4 is 9.64 Å². The Hall–Kier alpha value is -3.00. The molecule has 0 atom stereocenters. The van der Waals surface area contributed by atoms with Crippen LogP contribution in [0.15, 0.2) is 41.3 Å². The van der Waals surface area contributed by atoms with Gasteiger partial charge in [0.2, 0.25) is 15.0 Å². The zero-order valence-electron chi connectivity index (χ0n) is 19.7. The number of nitriles is 1. The maximum Gasteiger partial charge on any atom is 0.258 e. The predicted octanol–water partition coefficient (Wildman–Crippen LogP) is 4.02. The van der Waals surface area contributed by atoms with E-state index in [1.54, 1.807) is 32.9 Å². The highest BCUT2D eigenvalue weighted by Gasteiger charge is 2.49. The number of sulfone groups is 1. The predicted molar refractivity (Wildman–Crippen MR) is 136 cm³/mol. The number of anilines is 1. The van der Waals surface area contributed by atoms with Gasteiger partial charge >= 0.3 is 0 Å². The van der Waals surface area contributed by atoms with Crippen LogP contribution in [0.3, 0.4) is 0 Å². The molecule has 2 aromatic carbocycles. The third kappa shape index (κ3) is 4.89. The number of hydrogen-bond donors (Lipinski definition) is 0. The number of rotatable bonds is 7. The summed E-state index contributed by atoms with van der Waals surface area (Å²) >= 11 is 12.0. The second-order valence-electron chi connectivity index (χ2n) is 8.49. The lowest BCUT2D eigenvalue weighted by Crippen LogP contribution is -2.44. The fourth-order valence-corrected chi connectivity index (χ4v) is 5.25. The molecule has 1 aliphatic heterocycles. The quantitative estimate of drug-likeness (QED) is 0.388. The molecule has 0 aliphatic carbocycles. The van der Waals surface area contributed by atoms with Crippen LogP contribution in [0, 0.1) is 18.3 Å². The second kappa shape index (κ2) is 9.93. The first-order valence-electron chi connectivity index (χ1n) is 10.7. The summed E-state index contributed by atoms with van der Waals surface area (Å²) in [6, 6.07) is 10.9. The average Bonchev–Trinajstić information content (AvgIpc) is 2.97. The van der Waals surface area contributed by atoms with Gasteiger partial charge in [-0.05, 0) is 81.4 Å². The smallest absolute Gasteiger partial charge is 0.258 e. The minimum atomic E-state index is -3.97. The normalized spacial score (nSPS) is 15.3. The van der Waals surface area contributed by atoms with Crippen LogP contribution in [0.1, 0.15) is 38.3 Å². The monoisotopic (exact) mass is 533 g/mol. The summed E-state index contributed by atoms with van der Waals surface area (Å²) in [7, 11) is -3.97. The molecule has 35 heavy (non-hydrogen) atoms. The second-order valence-corrected chi connectivity index (χ2v) is 11.3. The maximum absolute atomic E-state index is 13.3. The van der Waals surface area contributed by atoms with Crippen LogP contribution >= 0.6 is 23.8 Å². The van der Waals surface area contributed by atoms with Crippen LogP contribution in [0.5, 0.6) is 5.75 Å². The van der Waals surface area contributed by atoms with Gasteiger partial charge in [-0.3, -0.25) is 14.5 Å². The van der Waals surface area contributed by atoms with Crippen molar-refractivity contribution in [2.45, 2.75) is 44.6 Å². The summed E-state index contributed by atoms with van der Waals surface area (Å²) in [5, 5.41) is 8.90. The molecule has 8 nitrogen and oxygen atoms in total. The minimum Gasteiger partial charge on any atom is -0.494 e. The SMILES string of the molecule is CC(=O)S(=O)(=O)c1ccc(OCCCN2C(=S)N(c3ccc(C#N)c(Cl)c3C)C(=O)C2(C)C)cc1. The van der Waals surface area contributed by atoms with Gasteiger partial charge in [0.25, 0.3) is 5.91 Å². The summed E-state index contributed by atoms with van der Waals surface area (Å²) in [6.07, 6.45) is 0.533. The molecule has 1 amide bonds. The summed E-state index contributed by atoms with van der Waals surface area (Å²) in [4.78, 5) is 27.7. The van der Waals surface area contributed by atoms with E-state index in [9.17, 15) is 23.3 Å². The van der Waals surface area contributed by atoms with Crippen molar-refractivity contribution in [2.75, 3.05) is 18.1 Å². The van der Waals surface area contributed by atoms with Gasteiger partial charge in [0.05, 0.1) is 27.8 Å². The standard InChI is InChI=1S/C24H24ClN3O5S2/c1-15-20(11-6-17(14-26)21(15)25)28-22(30)24(3,4)27(23(28)34)12-5-13-33-18-7-9-19(10-8-18)35(31,32)16(2)29/h6-11H,5,12-13H2,1-4H3. The van der Waals surface area contributed by atoms with E-state index >= 15 is 0 Å². The molecule has 3 rings (SSSR count). The Bertz CT molecular complexity index is 1350. The fourth-order valence-electron chi connectivity index (χ4n) is 3.72. The molecule has 0 N–H and O–H groups in total. The summed E-state index contributed by atoms with van der Waals surface area (Å²) in [6.45, 7) is 7.06. The maximum atomic E-state index is 13.3. The van der Waals surface area contributed by atoms with Gasteiger partial charge in [0.1, 0.15) is 17.4 Å². The molecule has 1 fully saturated rings.